The molecule has 1 atom stereocenters. The number of fused-ring (bicyclic) bond motifs is 1. The van der Waals surface area contributed by atoms with Gasteiger partial charge in [-0.25, -0.2) is 0 Å². The highest BCUT2D eigenvalue weighted by molar-refractivity contribution is 5.77. The normalized spacial score (nSPS) is 12.6. The highest BCUT2D eigenvalue weighted by atomic mass is 16.3. The molecule has 0 spiro atoms. The van der Waals surface area contributed by atoms with E-state index < -0.39 is 0 Å². The second-order valence-electron chi connectivity index (χ2n) is 5.41. The highest BCUT2D eigenvalue weighted by Gasteiger charge is 2.06. The van der Waals surface area contributed by atoms with E-state index in [1.165, 1.54) is 5.56 Å². The van der Waals surface area contributed by atoms with E-state index in [4.69, 9.17) is 4.42 Å². The van der Waals surface area contributed by atoms with Gasteiger partial charge in [0.25, 0.3) is 0 Å². The van der Waals surface area contributed by atoms with Crippen LogP contribution < -0.4 is 5.32 Å². The molecular weight excluding hydrogens is 262 g/mol. The van der Waals surface area contributed by atoms with Gasteiger partial charge in [0.1, 0.15) is 11.3 Å². The summed E-state index contributed by atoms with van der Waals surface area (Å²) in [5.74, 6) is 0.344. The van der Waals surface area contributed by atoms with E-state index in [0.29, 0.717) is 18.3 Å². The molecule has 0 fully saturated rings. The Kier molecular flexibility index (Phi) is 3.93. The molecule has 0 aliphatic carbocycles. The second kappa shape index (κ2) is 6.02. The molecule has 21 heavy (non-hydrogen) atoms. The summed E-state index contributed by atoms with van der Waals surface area (Å²) in [4.78, 5) is 0. The van der Waals surface area contributed by atoms with E-state index in [1.807, 2.05) is 30.3 Å². The Morgan fingerprint density at radius 2 is 2.00 bits per heavy atom. The van der Waals surface area contributed by atoms with Gasteiger partial charge < -0.3 is 14.8 Å². The zero-order valence-electron chi connectivity index (χ0n) is 12.0. The number of phenols is 1. The zero-order valence-corrected chi connectivity index (χ0v) is 12.0. The Balaban J connectivity index is 1.61. The van der Waals surface area contributed by atoms with Crippen LogP contribution in [-0.4, -0.2) is 11.1 Å². The van der Waals surface area contributed by atoms with Gasteiger partial charge >= 0.3 is 0 Å². The van der Waals surface area contributed by atoms with Crippen molar-refractivity contribution in [3.8, 4) is 5.75 Å². The zero-order chi connectivity index (χ0) is 14.7. The van der Waals surface area contributed by atoms with Crippen LogP contribution in [0.5, 0.6) is 5.75 Å². The van der Waals surface area contributed by atoms with Gasteiger partial charge in [0.15, 0.2) is 0 Å². The van der Waals surface area contributed by atoms with Crippen LogP contribution in [0, 0.1) is 0 Å². The number of hydrogen-bond donors (Lipinski definition) is 2. The molecule has 0 aliphatic heterocycles. The molecule has 0 amide bonds. The lowest BCUT2D eigenvalue weighted by atomic mass is 10.1. The minimum absolute atomic E-state index is 0.328. The van der Waals surface area contributed by atoms with Crippen molar-refractivity contribution in [3.05, 3.63) is 65.9 Å². The molecule has 0 saturated carbocycles. The predicted octanol–water partition coefficient (Wildman–Crippen LogP) is 3.86. The first-order valence-corrected chi connectivity index (χ1v) is 7.19. The molecule has 1 heterocycles. The predicted molar refractivity (Wildman–Crippen MR) is 84.3 cm³/mol. The van der Waals surface area contributed by atoms with Crippen molar-refractivity contribution in [2.24, 2.45) is 0 Å². The SMILES string of the molecule is CC(Cc1ccc2occc2c1)NCc1ccccc1O. The van der Waals surface area contributed by atoms with Crippen LogP contribution in [0.15, 0.2) is 59.2 Å². The number of furan rings is 1. The molecule has 3 aromatic rings. The molecule has 0 radical (unpaired) electrons. The van der Waals surface area contributed by atoms with E-state index in [0.717, 1.165) is 23.0 Å². The largest absolute Gasteiger partial charge is 0.508 e. The number of rotatable bonds is 5. The van der Waals surface area contributed by atoms with Crippen LogP contribution in [0.3, 0.4) is 0 Å². The van der Waals surface area contributed by atoms with Crippen LogP contribution >= 0.6 is 0 Å². The van der Waals surface area contributed by atoms with E-state index in [9.17, 15) is 5.11 Å². The molecule has 1 unspecified atom stereocenters. The Hall–Kier alpha value is -2.26. The third-order valence-corrected chi connectivity index (χ3v) is 3.69. The first-order chi connectivity index (χ1) is 10.2. The van der Waals surface area contributed by atoms with Crippen molar-refractivity contribution >= 4 is 11.0 Å². The lowest BCUT2D eigenvalue weighted by Gasteiger charge is -2.14. The fraction of sp³-hybridized carbons (Fsp3) is 0.222. The molecule has 0 saturated heterocycles. The van der Waals surface area contributed by atoms with Crippen molar-refractivity contribution < 1.29 is 9.52 Å². The van der Waals surface area contributed by atoms with Gasteiger partial charge in [-0.15, -0.1) is 0 Å². The lowest BCUT2D eigenvalue weighted by molar-refractivity contribution is 0.458. The monoisotopic (exact) mass is 281 g/mol. The number of para-hydroxylation sites is 1. The Morgan fingerprint density at radius 1 is 1.14 bits per heavy atom. The number of phenolic OH excluding ortho intramolecular Hbond substituents is 1. The van der Waals surface area contributed by atoms with Gasteiger partial charge in [0.05, 0.1) is 6.26 Å². The van der Waals surface area contributed by atoms with Crippen LogP contribution in [0.4, 0.5) is 0 Å². The van der Waals surface area contributed by atoms with E-state index >= 15 is 0 Å². The van der Waals surface area contributed by atoms with Crippen molar-refractivity contribution in [2.75, 3.05) is 0 Å². The van der Waals surface area contributed by atoms with Crippen molar-refractivity contribution in [2.45, 2.75) is 25.9 Å². The first-order valence-electron chi connectivity index (χ1n) is 7.19. The Labute approximate surface area is 124 Å². The summed E-state index contributed by atoms with van der Waals surface area (Å²) in [7, 11) is 0. The summed E-state index contributed by atoms with van der Waals surface area (Å²) in [6.45, 7) is 2.82. The van der Waals surface area contributed by atoms with Crippen molar-refractivity contribution in [1.29, 1.82) is 0 Å². The third-order valence-electron chi connectivity index (χ3n) is 3.69. The fourth-order valence-corrected chi connectivity index (χ4v) is 2.51. The number of hydrogen-bond acceptors (Lipinski definition) is 3. The van der Waals surface area contributed by atoms with Crippen LogP contribution in [0.25, 0.3) is 11.0 Å². The molecule has 0 aliphatic rings. The first kappa shape index (κ1) is 13.7. The molecule has 3 nitrogen and oxygen atoms in total. The maximum Gasteiger partial charge on any atom is 0.133 e. The van der Waals surface area contributed by atoms with Crippen molar-refractivity contribution in [1.82, 2.24) is 5.32 Å². The lowest BCUT2D eigenvalue weighted by Crippen LogP contribution is -2.27. The molecule has 1 aromatic heterocycles. The average Bonchev–Trinajstić information content (AvgIpc) is 2.94. The summed E-state index contributed by atoms with van der Waals surface area (Å²) in [6.07, 6.45) is 2.66. The van der Waals surface area contributed by atoms with E-state index in [2.05, 4.69) is 24.4 Å². The summed E-state index contributed by atoms with van der Waals surface area (Å²) >= 11 is 0. The maximum absolute atomic E-state index is 9.76. The van der Waals surface area contributed by atoms with Crippen LogP contribution in [-0.2, 0) is 13.0 Å². The minimum Gasteiger partial charge on any atom is -0.508 e. The van der Waals surface area contributed by atoms with E-state index in [1.54, 1.807) is 12.3 Å². The minimum atomic E-state index is 0.328. The Bertz CT molecular complexity index is 733. The van der Waals surface area contributed by atoms with Gasteiger partial charge in [-0.2, -0.15) is 0 Å². The highest BCUT2D eigenvalue weighted by Crippen LogP contribution is 2.18. The number of aromatic hydroxyl groups is 1. The topological polar surface area (TPSA) is 45.4 Å². The smallest absolute Gasteiger partial charge is 0.133 e. The molecular formula is C18H19NO2. The van der Waals surface area contributed by atoms with Gasteiger partial charge in [-0.05, 0) is 43.2 Å². The number of benzene rings is 2. The summed E-state index contributed by atoms with van der Waals surface area (Å²) < 4.78 is 5.35. The fourth-order valence-electron chi connectivity index (χ4n) is 2.51. The van der Waals surface area contributed by atoms with Gasteiger partial charge in [-0.3, -0.25) is 0 Å². The van der Waals surface area contributed by atoms with Crippen LogP contribution in [0.1, 0.15) is 18.1 Å². The quantitative estimate of drug-likeness (QED) is 0.746. The molecule has 108 valence electrons. The Morgan fingerprint density at radius 3 is 2.86 bits per heavy atom. The standard InChI is InChI=1S/C18H19NO2/c1-13(19-12-16-4-2-3-5-17(16)20)10-14-6-7-18-15(11-14)8-9-21-18/h2-9,11,13,19-20H,10,12H2,1H3. The summed E-state index contributed by atoms with van der Waals surface area (Å²) in [5, 5.41) is 14.3. The summed E-state index contributed by atoms with van der Waals surface area (Å²) in [5.41, 5.74) is 3.13. The number of nitrogens with one attached hydrogen (secondary N) is 1. The molecule has 3 heteroatoms. The van der Waals surface area contributed by atoms with E-state index in [-0.39, 0.29) is 0 Å². The summed E-state index contributed by atoms with van der Waals surface area (Å²) in [6, 6.07) is 16.0. The van der Waals surface area contributed by atoms with Gasteiger partial charge in [0.2, 0.25) is 0 Å². The van der Waals surface area contributed by atoms with Gasteiger partial charge in [-0.1, -0.05) is 24.3 Å². The van der Waals surface area contributed by atoms with Gasteiger partial charge in [0, 0.05) is 23.5 Å². The maximum atomic E-state index is 9.76. The molecule has 3 rings (SSSR count). The molecule has 2 aromatic carbocycles. The second-order valence-corrected chi connectivity index (χ2v) is 5.41. The average molecular weight is 281 g/mol. The molecule has 0 bridgehead atoms. The van der Waals surface area contributed by atoms with Crippen molar-refractivity contribution in [3.63, 3.8) is 0 Å². The third kappa shape index (κ3) is 3.26. The molecule has 2 N–H and O–H groups in total. The van der Waals surface area contributed by atoms with Crippen LogP contribution in [0.2, 0.25) is 0 Å².